The summed E-state index contributed by atoms with van der Waals surface area (Å²) in [5.74, 6) is 0.810. The van der Waals surface area contributed by atoms with Gasteiger partial charge in [-0.3, -0.25) is 0 Å². The average Bonchev–Trinajstić information content (AvgIpc) is 3.31. The van der Waals surface area contributed by atoms with E-state index in [0.29, 0.717) is 5.56 Å². The Bertz CT molecular complexity index is 1000. The van der Waals surface area contributed by atoms with Gasteiger partial charge in [0, 0.05) is 18.1 Å². The third kappa shape index (κ3) is 2.34. The number of benzene rings is 2. The number of para-hydroxylation sites is 1. The lowest BCUT2D eigenvalue weighted by Crippen LogP contribution is -2.33. The molecule has 2 aromatic carbocycles. The highest BCUT2D eigenvalue weighted by Crippen LogP contribution is 2.49. The van der Waals surface area contributed by atoms with E-state index < -0.39 is 6.23 Å². The molecular formula is C20H16N2O3S. The van der Waals surface area contributed by atoms with Crippen LogP contribution in [0.3, 0.4) is 0 Å². The van der Waals surface area contributed by atoms with E-state index in [4.69, 9.17) is 9.84 Å². The zero-order chi connectivity index (χ0) is 17.7. The molecule has 2 N–H and O–H groups in total. The molecule has 0 unspecified atom stereocenters. The van der Waals surface area contributed by atoms with Crippen molar-refractivity contribution in [3.8, 4) is 17.2 Å². The Balaban J connectivity index is 1.63. The standard InChI is InChI=1S/C20H16N2O3S/c23-12-7-8-14(17(24)10-12)20-22-16(13-4-1-2-5-18(13)25-20)11-15(21-22)19-6-3-9-26-19/h1-10,16,20,23-24H,11H2/t16-,20+/m0/s1. The highest BCUT2D eigenvalue weighted by atomic mass is 32.1. The summed E-state index contributed by atoms with van der Waals surface area (Å²) in [4.78, 5) is 1.14. The van der Waals surface area contributed by atoms with Crippen LogP contribution in [0.25, 0.3) is 0 Å². The Hall–Kier alpha value is -2.99. The predicted molar refractivity (Wildman–Crippen MR) is 99.6 cm³/mol. The molecule has 0 bridgehead atoms. The molecule has 0 radical (unpaired) electrons. The van der Waals surface area contributed by atoms with Gasteiger partial charge >= 0.3 is 0 Å². The van der Waals surface area contributed by atoms with E-state index in [1.54, 1.807) is 23.5 Å². The molecule has 3 aromatic rings. The molecule has 6 heteroatoms. The van der Waals surface area contributed by atoms with Gasteiger partial charge in [0.25, 0.3) is 0 Å². The summed E-state index contributed by atoms with van der Waals surface area (Å²) in [6.45, 7) is 0. The largest absolute Gasteiger partial charge is 0.508 e. The first-order chi connectivity index (χ1) is 12.7. The quantitative estimate of drug-likeness (QED) is 0.707. The number of thiophene rings is 1. The maximum absolute atomic E-state index is 10.3. The average molecular weight is 364 g/mol. The minimum Gasteiger partial charge on any atom is -0.508 e. The third-order valence-electron chi connectivity index (χ3n) is 4.78. The first-order valence-electron chi connectivity index (χ1n) is 8.38. The molecule has 5 rings (SSSR count). The van der Waals surface area contributed by atoms with E-state index in [2.05, 4.69) is 12.1 Å². The smallest absolute Gasteiger partial charge is 0.217 e. The molecule has 0 amide bonds. The molecule has 3 heterocycles. The molecule has 0 saturated carbocycles. The van der Waals surface area contributed by atoms with Crippen LogP contribution in [0.1, 0.15) is 34.7 Å². The summed E-state index contributed by atoms with van der Waals surface area (Å²) in [5.41, 5.74) is 2.70. The molecule has 1 aromatic heterocycles. The molecular weight excluding hydrogens is 348 g/mol. The number of ether oxygens (including phenoxy) is 1. The van der Waals surface area contributed by atoms with Crippen LogP contribution in [0.15, 0.2) is 65.1 Å². The van der Waals surface area contributed by atoms with Gasteiger partial charge in [-0.2, -0.15) is 5.10 Å². The highest BCUT2D eigenvalue weighted by Gasteiger charge is 2.41. The van der Waals surface area contributed by atoms with Gasteiger partial charge in [-0.25, -0.2) is 5.01 Å². The molecule has 2 atom stereocenters. The van der Waals surface area contributed by atoms with Crippen LogP contribution in [0.5, 0.6) is 17.2 Å². The van der Waals surface area contributed by atoms with Crippen LogP contribution in [0.2, 0.25) is 0 Å². The number of nitrogens with zero attached hydrogens (tertiary/aromatic N) is 2. The van der Waals surface area contributed by atoms with Gasteiger partial charge < -0.3 is 14.9 Å². The van der Waals surface area contributed by atoms with Gasteiger partial charge in [-0.1, -0.05) is 24.3 Å². The summed E-state index contributed by atoms with van der Waals surface area (Å²) >= 11 is 1.67. The fourth-order valence-electron chi connectivity index (χ4n) is 3.57. The zero-order valence-electron chi connectivity index (χ0n) is 13.7. The Morgan fingerprint density at radius 2 is 1.92 bits per heavy atom. The summed E-state index contributed by atoms with van der Waals surface area (Å²) in [5, 5.41) is 28.8. The number of hydrazone groups is 1. The van der Waals surface area contributed by atoms with Crippen LogP contribution < -0.4 is 4.74 Å². The van der Waals surface area contributed by atoms with Crippen molar-refractivity contribution in [1.82, 2.24) is 5.01 Å². The lowest BCUT2D eigenvalue weighted by Gasteiger charge is -2.38. The van der Waals surface area contributed by atoms with Gasteiger partial charge in [0.05, 0.1) is 22.2 Å². The topological polar surface area (TPSA) is 65.3 Å². The van der Waals surface area contributed by atoms with E-state index in [9.17, 15) is 10.2 Å². The van der Waals surface area contributed by atoms with Crippen molar-refractivity contribution in [2.24, 2.45) is 5.10 Å². The van der Waals surface area contributed by atoms with E-state index in [-0.39, 0.29) is 17.5 Å². The molecule has 0 fully saturated rings. The number of hydrogen-bond donors (Lipinski definition) is 2. The van der Waals surface area contributed by atoms with Gasteiger partial charge in [-0.15, -0.1) is 11.3 Å². The van der Waals surface area contributed by atoms with Crippen molar-refractivity contribution in [3.05, 3.63) is 76.0 Å². The second-order valence-electron chi connectivity index (χ2n) is 6.38. The lowest BCUT2D eigenvalue weighted by atomic mass is 9.97. The fraction of sp³-hybridized carbons (Fsp3) is 0.150. The van der Waals surface area contributed by atoms with Crippen LogP contribution in [0, 0.1) is 0 Å². The van der Waals surface area contributed by atoms with Crippen molar-refractivity contribution in [2.45, 2.75) is 18.7 Å². The van der Waals surface area contributed by atoms with E-state index in [1.807, 2.05) is 34.7 Å². The second-order valence-corrected chi connectivity index (χ2v) is 7.32. The van der Waals surface area contributed by atoms with Crippen LogP contribution in [0.4, 0.5) is 0 Å². The fourth-order valence-corrected chi connectivity index (χ4v) is 4.29. The van der Waals surface area contributed by atoms with Crippen molar-refractivity contribution < 1.29 is 14.9 Å². The normalized spacial score (nSPS) is 20.9. The van der Waals surface area contributed by atoms with Gasteiger partial charge in [-0.05, 0) is 29.6 Å². The maximum Gasteiger partial charge on any atom is 0.217 e. The van der Waals surface area contributed by atoms with Crippen molar-refractivity contribution in [1.29, 1.82) is 0 Å². The molecule has 130 valence electrons. The Morgan fingerprint density at radius 1 is 1.04 bits per heavy atom. The molecule has 5 nitrogen and oxygen atoms in total. The van der Waals surface area contributed by atoms with Crippen LogP contribution in [-0.4, -0.2) is 20.9 Å². The van der Waals surface area contributed by atoms with Crippen molar-refractivity contribution in [2.75, 3.05) is 0 Å². The minimum atomic E-state index is -0.548. The number of hydrogen-bond acceptors (Lipinski definition) is 6. The van der Waals surface area contributed by atoms with E-state index in [1.165, 1.54) is 6.07 Å². The number of rotatable bonds is 2. The molecule has 0 saturated heterocycles. The lowest BCUT2D eigenvalue weighted by molar-refractivity contribution is -0.0203. The Morgan fingerprint density at radius 3 is 2.73 bits per heavy atom. The Labute approximate surface area is 154 Å². The predicted octanol–water partition coefficient (Wildman–Crippen LogP) is 4.40. The summed E-state index contributed by atoms with van der Waals surface area (Å²) in [6.07, 6.45) is 0.240. The van der Waals surface area contributed by atoms with Crippen LogP contribution in [-0.2, 0) is 0 Å². The first-order valence-corrected chi connectivity index (χ1v) is 9.26. The highest BCUT2D eigenvalue weighted by molar-refractivity contribution is 7.12. The summed E-state index contributed by atoms with van der Waals surface area (Å²) < 4.78 is 6.20. The van der Waals surface area contributed by atoms with E-state index >= 15 is 0 Å². The molecule has 2 aliphatic heterocycles. The van der Waals surface area contributed by atoms with E-state index in [0.717, 1.165) is 28.3 Å². The SMILES string of the molecule is Oc1ccc([C@H]2Oc3ccccc3[C@@H]3CC(c4cccs4)=NN23)c(O)c1. The third-order valence-corrected chi connectivity index (χ3v) is 5.70. The van der Waals surface area contributed by atoms with Crippen molar-refractivity contribution >= 4 is 17.0 Å². The van der Waals surface area contributed by atoms with Gasteiger partial charge in [0.15, 0.2) is 0 Å². The van der Waals surface area contributed by atoms with Gasteiger partial charge in [0.2, 0.25) is 6.23 Å². The second kappa shape index (κ2) is 5.78. The molecule has 0 spiro atoms. The maximum atomic E-state index is 10.3. The zero-order valence-corrected chi connectivity index (χ0v) is 14.6. The number of phenols is 2. The molecule has 0 aliphatic carbocycles. The number of aromatic hydroxyl groups is 2. The van der Waals surface area contributed by atoms with Crippen LogP contribution >= 0.6 is 11.3 Å². The monoisotopic (exact) mass is 364 g/mol. The minimum absolute atomic E-state index is 0.00657. The van der Waals surface area contributed by atoms with Crippen molar-refractivity contribution in [3.63, 3.8) is 0 Å². The van der Waals surface area contributed by atoms with Gasteiger partial charge in [0.1, 0.15) is 17.2 Å². The number of fused-ring (bicyclic) bond motifs is 3. The first kappa shape index (κ1) is 15.3. The molecule has 26 heavy (non-hydrogen) atoms. The molecule has 2 aliphatic rings. The Kier molecular flexibility index (Phi) is 3.39. The summed E-state index contributed by atoms with van der Waals surface area (Å²) in [6, 6.07) is 16.7. The number of phenolic OH excluding ortho intramolecular Hbond substituents is 2. The summed E-state index contributed by atoms with van der Waals surface area (Å²) in [7, 11) is 0.